The highest BCUT2D eigenvalue weighted by atomic mass is 79.9. The number of hydrogen-bond acceptors (Lipinski definition) is 7. The first kappa shape index (κ1) is 29.2. The summed E-state index contributed by atoms with van der Waals surface area (Å²) in [7, 11) is 0. The second-order valence-electron chi connectivity index (χ2n) is 8.25. The van der Waals surface area contributed by atoms with Gasteiger partial charge in [0.05, 0.1) is 22.2 Å². The molecule has 0 unspecified atom stereocenters. The van der Waals surface area contributed by atoms with Gasteiger partial charge in [-0.25, -0.2) is 0 Å². The molecule has 1 aliphatic heterocycles. The molecule has 1 aliphatic rings. The number of rotatable bonds is 10. The van der Waals surface area contributed by atoms with Crippen molar-refractivity contribution < 1.29 is 28.7 Å². The number of carbonyl (C=O) groups excluding carboxylic acids is 4. The number of para-hydroxylation sites is 2. The van der Waals surface area contributed by atoms with Crippen molar-refractivity contribution in [3.05, 3.63) is 86.7 Å². The molecule has 3 aromatic rings. The molecule has 1 saturated heterocycles. The number of benzene rings is 3. The van der Waals surface area contributed by atoms with E-state index in [9.17, 15) is 19.2 Å². The summed E-state index contributed by atoms with van der Waals surface area (Å²) in [5.74, 6) is -0.844. The van der Waals surface area contributed by atoms with Gasteiger partial charge in [0.1, 0.15) is 6.54 Å². The molecule has 9 nitrogen and oxygen atoms in total. The fourth-order valence-corrected chi connectivity index (χ4v) is 5.03. The number of anilines is 2. The van der Waals surface area contributed by atoms with Crippen LogP contribution in [-0.4, -0.2) is 47.6 Å². The number of thioether (sulfide) groups is 1. The van der Waals surface area contributed by atoms with Gasteiger partial charge >= 0.3 is 0 Å². The molecule has 0 atom stereocenters. The summed E-state index contributed by atoms with van der Waals surface area (Å²) in [6.07, 6.45) is 1.52. The summed E-state index contributed by atoms with van der Waals surface area (Å²) >= 11 is 10.2. The van der Waals surface area contributed by atoms with Crippen molar-refractivity contribution >= 4 is 79.7 Å². The van der Waals surface area contributed by atoms with E-state index in [0.717, 1.165) is 16.7 Å². The summed E-state index contributed by atoms with van der Waals surface area (Å²) in [4.78, 5) is 51.3. The Labute approximate surface area is 248 Å². The molecule has 4 rings (SSSR count). The Morgan fingerprint density at radius 1 is 0.975 bits per heavy atom. The van der Waals surface area contributed by atoms with Gasteiger partial charge in [-0.2, -0.15) is 0 Å². The second-order valence-corrected chi connectivity index (χ2v) is 10.5. The van der Waals surface area contributed by atoms with Gasteiger partial charge in [0.15, 0.2) is 18.1 Å². The maximum absolute atomic E-state index is 13.0. The van der Waals surface area contributed by atoms with Gasteiger partial charge in [0.2, 0.25) is 5.91 Å². The van der Waals surface area contributed by atoms with Crippen molar-refractivity contribution in [2.45, 2.75) is 6.92 Å². The van der Waals surface area contributed by atoms with Crippen LogP contribution in [-0.2, 0) is 14.4 Å². The lowest BCUT2D eigenvalue weighted by Gasteiger charge is -2.14. The van der Waals surface area contributed by atoms with E-state index in [4.69, 9.17) is 21.1 Å². The predicted octanol–water partition coefficient (Wildman–Crippen LogP) is 6.19. The lowest BCUT2D eigenvalue weighted by atomic mass is 10.1. The second kappa shape index (κ2) is 13.5. The summed E-state index contributed by atoms with van der Waals surface area (Å²) < 4.78 is 11.9. The fourth-order valence-electron chi connectivity index (χ4n) is 3.58. The van der Waals surface area contributed by atoms with Crippen LogP contribution in [0, 0.1) is 0 Å². The van der Waals surface area contributed by atoms with Crippen LogP contribution in [0.5, 0.6) is 11.5 Å². The third-order valence-corrected chi connectivity index (χ3v) is 7.31. The Morgan fingerprint density at radius 3 is 2.40 bits per heavy atom. The van der Waals surface area contributed by atoms with Gasteiger partial charge in [-0.3, -0.25) is 24.1 Å². The van der Waals surface area contributed by atoms with E-state index in [1.807, 2.05) is 18.2 Å². The lowest BCUT2D eigenvalue weighted by molar-refractivity contribution is -0.127. The molecule has 0 radical (unpaired) electrons. The van der Waals surface area contributed by atoms with E-state index >= 15 is 0 Å². The summed E-state index contributed by atoms with van der Waals surface area (Å²) in [5, 5.41) is 5.11. The van der Waals surface area contributed by atoms with E-state index in [1.54, 1.807) is 55.5 Å². The number of hydrogen-bond donors (Lipinski definition) is 2. The van der Waals surface area contributed by atoms with Gasteiger partial charge in [-0.1, -0.05) is 57.9 Å². The first-order chi connectivity index (χ1) is 19.2. The van der Waals surface area contributed by atoms with Crippen molar-refractivity contribution in [3.63, 3.8) is 0 Å². The fraction of sp³-hybridized carbons (Fsp3) is 0.143. The topological polar surface area (TPSA) is 114 Å². The molecule has 0 aromatic heterocycles. The zero-order valence-corrected chi connectivity index (χ0v) is 24.3. The molecule has 4 amide bonds. The molecule has 0 spiro atoms. The minimum atomic E-state index is -0.605. The number of ether oxygens (including phenoxy) is 2. The molecule has 0 bridgehead atoms. The quantitative estimate of drug-likeness (QED) is 0.253. The van der Waals surface area contributed by atoms with Gasteiger partial charge in [-0.15, -0.1) is 0 Å². The zero-order chi connectivity index (χ0) is 28.6. The Morgan fingerprint density at radius 2 is 1.68 bits per heavy atom. The van der Waals surface area contributed by atoms with Crippen molar-refractivity contribution in [2.24, 2.45) is 0 Å². The Bertz CT molecular complexity index is 1480. The van der Waals surface area contributed by atoms with Gasteiger partial charge in [0.25, 0.3) is 17.1 Å². The first-order valence-electron chi connectivity index (χ1n) is 12.0. The zero-order valence-electron chi connectivity index (χ0n) is 21.1. The molecule has 1 fully saturated rings. The minimum absolute atomic E-state index is 0.134. The highest BCUT2D eigenvalue weighted by molar-refractivity contribution is 9.10. The summed E-state index contributed by atoms with van der Waals surface area (Å²) in [6.45, 7) is 1.41. The van der Waals surface area contributed by atoms with Crippen LogP contribution < -0.4 is 20.1 Å². The van der Waals surface area contributed by atoms with Crippen LogP contribution in [0.25, 0.3) is 6.08 Å². The predicted molar refractivity (Wildman–Crippen MR) is 159 cm³/mol. The number of amides is 4. The third-order valence-electron chi connectivity index (χ3n) is 5.39. The smallest absolute Gasteiger partial charge is 0.294 e. The molecule has 0 aliphatic carbocycles. The summed E-state index contributed by atoms with van der Waals surface area (Å²) in [6, 6.07) is 18.9. The molecule has 2 N–H and O–H groups in total. The van der Waals surface area contributed by atoms with Gasteiger partial charge < -0.3 is 20.1 Å². The number of carbonyl (C=O) groups is 4. The van der Waals surface area contributed by atoms with E-state index in [2.05, 4.69) is 26.6 Å². The standard InChI is InChI=1S/C28H23BrClN3O6S/c1-2-38-22-12-17(19(29)14-23(22)39-16-26(35)31-18-8-4-3-5-9-18)13-24-27(36)33(28(37)40-24)15-25(34)32-21-11-7-6-10-20(21)30/h3-14H,2,15-16H2,1H3,(H,31,35)(H,32,34)/b24-13+. The monoisotopic (exact) mass is 643 g/mol. The van der Waals surface area contributed by atoms with Gasteiger partial charge in [0, 0.05) is 10.2 Å². The van der Waals surface area contributed by atoms with Gasteiger partial charge in [-0.05, 0) is 66.7 Å². The Kier molecular flexibility index (Phi) is 9.86. The molecule has 0 saturated carbocycles. The minimum Gasteiger partial charge on any atom is -0.490 e. The molecule has 1 heterocycles. The number of halogens is 2. The maximum atomic E-state index is 13.0. The average molecular weight is 645 g/mol. The van der Waals surface area contributed by atoms with Crippen LogP contribution in [0.4, 0.5) is 16.2 Å². The summed E-state index contributed by atoms with van der Waals surface area (Å²) in [5.41, 5.74) is 1.56. The van der Waals surface area contributed by atoms with Crippen LogP contribution in [0.3, 0.4) is 0 Å². The van der Waals surface area contributed by atoms with Crippen LogP contribution >= 0.6 is 39.3 Å². The largest absolute Gasteiger partial charge is 0.490 e. The highest BCUT2D eigenvalue weighted by Gasteiger charge is 2.36. The number of nitrogens with one attached hydrogen (secondary N) is 2. The molecule has 40 heavy (non-hydrogen) atoms. The SMILES string of the molecule is CCOc1cc(/C=C2/SC(=O)N(CC(=O)Nc3ccccc3Cl)C2=O)c(Br)cc1OCC(=O)Nc1ccccc1. The molecule has 3 aromatic carbocycles. The van der Waals surface area contributed by atoms with E-state index in [1.165, 1.54) is 6.08 Å². The van der Waals surface area contributed by atoms with Crippen LogP contribution in [0.2, 0.25) is 5.02 Å². The lowest BCUT2D eigenvalue weighted by Crippen LogP contribution is -2.36. The van der Waals surface area contributed by atoms with Crippen molar-refractivity contribution in [2.75, 3.05) is 30.4 Å². The third kappa shape index (κ3) is 7.44. The Hall–Kier alpha value is -3.80. The normalized spacial score (nSPS) is 13.9. The van der Waals surface area contributed by atoms with E-state index in [0.29, 0.717) is 44.5 Å². The molecular formula is C28H23BrClN3O6S. The van der Waals surface area contributed by atoms with Crippen LogP contribution in [0.1, 0.15) is 12.5 Å². The van der Waals surface area contributed by atoms with Crippen molar-refractivity contribution in [1.82, 2.24) is 4.90 Å². The van der Waals surface area contributed by atoms with E-state index < -0.39 is 23.6 Å². The van der Waals surface area contributed by atoms with E-state index in [-0.39, 0.29) is 17.4 Å². The van der Waals surface area contributed by atoms with Crippen molar-refractivity contribution in [3.8, 4) is 11.5 Å². The number of imide groups is 1. The molecular weight excluding hydrogens is 622 g/mol. The van der Waals surface area contributed by atoms with Crippen LogP contribution in [0.15, 0.2) is 76.1 Å². The van der Waals surface area contributed by atoms with Crippen molar-refractivity contribution in [1.29, 1.82) is 0 Å². The molecule has 12 heteroatoms. The first-order valence-corrected chi connectivity index (χ1v) is 14.0. The highest BCUT2D eigenvalue weighted by Crippen LogP contribution is 2.38. The Balaban J connectivity index is 1.45. The average Bonchev–Trinajstić information content (AvgIpc) is 3.18. The number of nitrogens with zero attached hydrogens (tertiary/aromatic N) is 1. The maximum Gasteiger partial charge on any atom is 0.294 e. The molecule has 206 valence electrons.